The lowest BCUT2D eigenvalue weighted by molar-refractivity contribution is -0.114. The summed E-state index contributed by atoms with van der Waals surface area (Å²) in [7, 11) is 0. The summed E-state index contributed by atoms with van der Waals surface area (Å²) in [5.74, 6) is -3.35. The molecule has 0 spiro atoms. The fourth-order valence-electron chi connectivity index (χ4n) is 1.92. The van der Waals surface area contributed by atoms with Crippen LogP contribution in [0, 0.1) is 6.92 Å². The van der Waals surface area contributed by atoms with E-state index in [2.05, 4.69) is 20.6 Å². The van der Waals surface area contributed by atoms with Gasteiger partial charge in [-0.05, 0) is 19.1 Å². The van der Waals surface area contributed by atoms with Crippen molar-refractivity contribution in [2.24, 2.45) is 0 Å². The molecule has 6 nitrogen and oxygen atoms in total. The monoisotopic (exact) mass is 322 g/mol. The standard InChI is InChI=1S/C15H16F2N4O2/c1-8-4-10(5-13(19-8)15(3,16)17)21-11-6-14(20-9(2)22)18-7-12(11)23/h4-7,23H,1-3H3,(H2,18,19,20,21,22). The highest BCUT2D eigenvalue weighted by Crippen LogP contribution is 2.31. The molecule has 23 heavy (non-hydrogen) atoms. The van der Waals surface area contributed by atoms with E-state index >= 15 is 0 Å². The Morgan fingerprint density at radius 2 is 2.00 bits per heavy atom. The van der Waals surface area contributed by atoms with Crippen molar-refractivity contribution in [3.8, 4) is 5.75 Å². The first-order valence-corrected chi connectivity index (χ1v) is 6.76. The van der Waals surface area contributed by atoms with Crippen molar-refractivity contribution in [1.29, 1.82) is 0 Å². The van der Waals surface area contributed by atoms with Gasteiger partial charge in [0.2, 0.25) is 5.91 Å². The van der Waals surface area contributed by atoms with E-state index in [1.54, 1.807) is 13.0 Å². The van der Waals surface area contributed by atoms with Crippen LogP contribution in [-0.2, 0) is 10.7 Å². The third-order valence-corrected chi connectivity index (χ3v) is 2.87. The van der Waals surface area contributed by atoms with Gasteiger partial charge in [-0.25, -0.2) is 4.98 Å². The van der Waals surface area contributed by atoms with Crippen LogP contribution < -0.4 is 10.6 Å². The number of aromatic hydroxyl groups is 1. The Morgan fingerprint density at radius 1 is 1.30 bits per heavy atom. The summed E-state index contributed by atoms with van der Waals surface area (Å²) in [6, 6.07) is 4.16. The van der Waals surface area contributed by atoms with Gasteiger partial charge in [0.15, 0.2) is 5.75 Å². The smallest absolute Gasteiger partial charge is 0.287 e. The average Bonchev–Trinajstić information content (AvgIpc) is 2.40. The van der Waals surface area contributed by atoms with Gasteiger partial charge in [-0.2, -0.15) is 8.78 Å². The van der Waals surface area contributed by atoms with Gasteiger partial charge in [-0.15, -0.1) is 0 Å². The molecule has 122 valence electrons. The lowest BCUT2D eigenvalue weighted by atomic mass is 10.2. The maximum atomic E-state index is 13.4. The Kier molecular flexibility index (Phi) is 4.44. The number of amides is 1. The molecule has 0 radical (unpaired) electrons. The van der Waals surface area contributed by atoms with E-state index in [9.17, 15) is 18.7 Å². The fraction of sp³-hybridized carbons (Fsp3) is 0.267. The number of aryl methyl sites for hydroxylation is 1. The molecule has 8 heteroatoms. The quantitative estimate of drug-likeness (QED) is 0.804. The van der Waals surface area contributed by atoms with Crippen LogP contribution in [0.15, 0.2) is 24.4 Å². The third-order valence-electron chi connectivity index (χ3n) is 2.87. The topological polar surface area (TPSA) is 87.1 Å². The second-order valence-electron chi connectivity index (χ2n) is 5.16. The van der Waals surface area contributed by atoms with Crippen LogP contribution in [-0.4, -0.2) is 21.0 Å². The molecule has 2 rings (SSSR count). The van der Waals surface area contributed by atoms with Crippen molar-refractivity contribution >= 4 is 23.1 Å². The van der Waals surface area contributed by atoms with Crippen molar-refractivity contribution in [3.05, 3.63) is 35.8 Å². The number of rotatable bonds is 4. The van der Waals surface area contributed by atoms with E-state index < -0.39 is 5.92 Å². The van der Waals surface area contributed by atoms with Crippen LogP contribution in [0.5, 0.6) is 5.75 Å². The number of carbonyl (C=O) groups excluding carboxylic acids is 1. The summed E-state index contributed by atoms with van der Waals surface area (Å²) in [4.78, 5) is 18.7. The largest absolute Gasteiger partial charge is 0.504 e. The molecule has 0 atom stereocenters. The molecule has 0 aromatic carbocycles. The van der Waals surface area contributed by atoms with E-state index in [0.29, 0.717) is 11.4 Å². The normalized spacial score (nSPS) is 11.2. The molecule has 0 unspecified atom stereocenters. The summed E-state index contributed by atoms with van der Waals surface area (Å²) in [6.45, 7) is 3.68. The lowest BCUT2D eigenvalue weighted by Crippen LogP contribution is -2.11. The zero-order chi connectivity index (χ0) is 17.2. The number of aromatic nitrogens is 2. The van der Waals surface area contributed by atoms with E-state index in [1.165, 1.54) is 19.1 Å². The first kappa shape index (κ1) is 16.6. The highest BCUT2D eigenvalue weighted by atomic mass is 19.3. The van der Waals surface area contributed by atoms with Crippen molar-refractivity contribution in [2.75, 3.05) is 10.6 Å². The summed E-state index contributed by atoms with van der Waals surface area (Å²) < 4.78 is 26.9. The van der Waals surface area contributed by atoms with Gasteiger partial charge in [0.25, 0.3) is 5.92 Å². The maximum Gasteiger partial charge on any atom is 0.287 e. The van der Waals surface area contributed by atoms with Crippen LogP contribution in [0.3, 0.4) is 0 Å². The molecule has 0 saturated carbocycles. The predicted molar refractivity (Wildman–Crippen MR) is 82.0 cm³/mol. The van der Waals surface area contributed by atoms with E-state index in [1.807, 2.05) is 0 Å². The first-order valence-electron chi connectivity index (χ1n) is 6.76. The minimum atomic E-state index is -3.08. The van der Waals surface area contributed by atoms with E-state index in [-0.39, 0.29) is 28.9 Å². The molecule has 0 aliphatic carbocycles. The fourth-order valence-corrected chi connectivity index (χ4v) is 1.92. The first-order chi connectivity index (χ1) is 10.6. The molecule has 2 aromatic heterocycles. The highest BCUT2D eigenvalue weighted by Gasteiger charge is 2.26. The molecule has 2 aromatic rings. The number of nitrogens with zero attached hydrogens (tertiary/aromatic N) is 2. The molecule has 0 aliphatic heterocycles. The number of hydrogen-bond donors (Lipinski definition) is 3. The Labute approximate surface area is 131 Å². The van der Waals surface area contributed by atoms with Crippen molar-refractivity contribution in [3.63, 3.8) is 0 Å². The molecule has 2 heterocycles. The number of anilines is 3. The summed E-state index contributed by atoms with van der Waals surface area (Å²) in [5, 5.41) is 15.1. The number of alkyl halides is 2. The minimum Gasteiger partial charge on any atom is -0.504 e. The Bertz CT molecular complexity index is 745. The molecule has 0 saturated heterocycles. The van der Waals surface area contributed by atoms with Crippen LogP contribution in [0.4, 0.5) is 26.0 Å². The average molecular weight is 322 g/mol. The number of nitrogens with one attached hydrogen (secondary N) is 2. The zero-order valence-electron chi connectivity index (χ0n) is 12.8. The SMILES string of the molecule is CC(=O)Nc1cc(Nc2cc(C)nc(C(C)(F)F)c2)c(O)cn1. The van der Waals surface area contributed by atoms with Crippen molar-refractivity contribution in [2.45, 2.75) is 26.7 Å². The maximum absolute atomic E-state index is 13.4. The van der Waals surface area contributed by atoms with Gasteiger partial charge in [-0.3, -0.25) is 9.78 Å². The van der Waals surface area contributed by atoms with Gasteiger partial charge in [-0.1, -0.05) is 0 Å². The Morgan fingerprint density at radius 3 is 2.61 bits per heavy atom. The molecule has 0 aliphatic rings. The number of hydrogen-bond acceptors (Lipinski definition) is 5. The van der Waals surface area contributed by atoms with Gasteiger partial charge in [0, 0.05) is 31.3 Å². The number of carbonyl (C=O) groups is 1. The predicted octanol–water partition coefficient (Wildman–Crippen LogP) is 3.30. The van der Waals surface area contributed by atoms with Crippen LogP contribution in [0.2, 0.25) is 0 Å². The van der Waals surface area contributed by atoms with Crippen LogP contribution in [0.1, 0.15) is 25.2 Å². The lowest BCUT2D eigenvalue weighted by Gasteiger charge is -2.14. The molecule has 0 fully saturated rings. The summed E-state index contributed by atoms with van der Waals surface area (Å²) >= 11 is 0. The second-order valence-corrected chi connectivity index (χ2v) is 5.16. The van der Waals surface area contributed by atoms with Gasteiger partial charge >= 0.3 is 0 Å². The molecule has 3 N–H and O–H groups in total. The van der Waals surface area contributed by atoms with Gasteiger partial charge < -0.3 is 15.7 Å². The Hall–Kier alpha value is -2.77. The Balaban J connectivity index is 2.35. The van der Waals surface area contributed by atoms with Gasteiger partial charge in [0.1, 0.15) is 11.5 Å². The van der Waals surface area contributed by atoms with E-state index in [4.69, 9.17) is 0 Å². The highest BCUT2D eigenvalue weighted by molar-refractivity contribution is 5.88. The summed E-state index contributed by atoms with van der Waals surface area (Å²) in [6.07, 6.45) is 1.15. The zero-order valence-corrected chi connectivity index (χ0v) is 12.8. The van der Waals surface area contributed by atoms with Crippen molar-refractivity contribution in [1.82, 2.24) is 9.97 Å². The van der Waals surface area contributed by atoms with Crippen LogP contribution in [0.25, 0.3) is 0 Å². The summed E-state index contributed by atoms with van der Waals surface area (Å²) in [5.41, 5.74) is 0.585. The molecule has 0 bridgehead atoms. The minimum absolute atomic E-state index is 0.182. The third kappa shape index (κ3) is 4.35. The number of halogens is 2. The van der Waals surface area contributed by atoms with Gasteiger partial charge in [0.05, 0.1) is 11.9 Å². The molecular weight excluding hydrogens is 306 g/mol. The van der Waals surface area contributed by atoms with Crippen LogP contribution >= 0.6 is 0 Å². The molecule has 1 amide bonds. The number of pyridine rings is 2. The van der Waals surface area contributed by atoms with Crippen molar-refractivity contribution < 1.29 is 18.7 Å². The van der Waals surface area contributed by atoms with E-state index in [0.717, 1.165) is 13.1 Å². The second kappa shape index (κ2) is 6.15. The molecular formula is C15H16F2N4O2.